The van der Waals surface area contributed by atoms with E-state index in [9.17, 15) is 0 Å². The van der Waals surface area contributed by atoms with Crippen LogP contribution in [0.4, 0.5) is 0 Å². The zero-order valence-corrected chi connectivity index (χ0v) is 15.0. The third-order valence-electron chi connectivity index (χ3n) is 4.24. The van der Waals surface area contributed by atoms with Gasteiger partial charge in [-0.1, -0.05) is 30.3 Å². The Kier molecular flexibility index (Phi) is 4.88. The first-order valence-electron chi connectivity index (χ1n) is 8.69. The van der Waals surface area contributed by atoms with Crippen molar-refractivity contribution < 1.29 is 13.9 Å². The van der Waals surface area contributed by atoms with E-state index < -0.39 is 0 Å². The lowest BCUT2D eigenvalue weighted by molar-refractivity contribution is 0.306. The third kappa shape index (κ3) is 4.01. The van der Waals surface area contributed by atoms with Crippen LogP contribution in [0.1, 0.15) is 5.56 Å². The van der Waals surface area contributed by atoms with E-state index in [1.165, 1.54) is 0 Å². The number of oxazole rings is 1. The van der Waals surface area contributed by atoms with E-state index in [0.29, 0.717) is 12.5 Å². The Hall–Kier alpha value is -3.53. The number of methoxy groups -OCH3 is 1. The molecule has 0 spiro atoms. The van der Waals surface area contributed by atoms with E-state index in [1.807, 2.05) is 78.9 Å². The van der Waals surface area contributed by atoms with Crippen molar-refractivity contribution in [2.45, 2.75) is 6.61 Å². The molecule has 4 heteroatoms. The molecule has 0 aliphatic rings. The number of aromatic nitrogens is 1. The van der Waals surface area contributed by atoms with Gasteiger partial charge in [-0.3, -0.25) is 0 Å². The molecule has 4 aromatic rings. The predicted molar refractivity (Wildman–Crippen MR) is 105 cm³/mol. The van der Waals surface area contributed by atoms with E-state index >= 15 is 0 Å². The summed E-state index contributed by atoms with van der Waals surface area (Å²) < 4.78 is 16.6. The fourth-order valence-corrected chi connectivity index (χ4v) is 2.74. The van der Waals surface area contributed by atoms with Gasteiger partial charge >= 0.3 is 0 Å². The van der Waals surface area contributed by atoms with Crippen molar-refractivity contribution in [1.29, 1.82) is 0 Å². The quantitative estimate of drug-likeness (QED) is 0.451. The first-order chi connectivity index (χ1) is 13.3. The van der Waals surface area contributed by atoms with Gasteiger partial charge in [0.05, 0.1) is 7.11 Å². The van der Waals surface area contributed by atoms with E-state index in [1.54, 1.807) is 13.4 Å². The summed E-state index contributed by atoms with van der Waals surface area (Å²) >= 11 is 0. The standard InChI is InChI=1S/C23H19NO3/c1-25-20-11-7-18(8-12-20)22-16-27-23(24-22)19-9-13-21(14-10-19)26-15-17-5-3-2-4-6-17/h2-14,16H,15H2,1H3. The van der Waals surface area contributed by atoms with Crippen LogP contribution in [0.5, 0.6) is 11.5 Å². The third-order valence-corrected chi connectivity index (χ3v) is 4.24. The molecule has 27 heavy (non-hydrogen) atoms. The lowest BCUT2D eigenvalue weighted by atomic mass is 10.1. The van der Waals surface area contributed by atoms with Gasteiger partial charge in [0.1, 0.15) is 30.1 Å². The maximum atomic E-state index is 5.82. The highest BCUT2D eigenvalue weighted by atomic mass is 16.5. The average Bonchev–Trinajstić information content (AvgIpc) is 3.24. The highest BCUT2D eigenvalue weighted by molar-refractivity contribution is 5.63. The highest BCUT2D eigenvalue weighted by Crippen LogP contribution is 2.27. The van der Waals surface area contributed by atoms with Gasteiger partial charge in [0.15, 0.2) is 0 Å². The Labute approximate surface area is 158 Å². The Morgan fingerprint density at radius 3 is 2.15 bits per heavy atom. The van der Waals surface area contributed by atoms with E-state index in [2.05, 4.69) is 4.98 Å². The molecule has 0 bridgehead atoms. The zero-order chi connectivity index (χ0) is 18.5. The van der Waals surface area contributed by atoms with Gasteiger partial charge in [0.25, 0.3) is 0 Å². The molecule has 1 aromatic heterocycles. The molecule has 0 saturated carbocycles. The van der Waals surface area contributed by atoms with Crippen molar-refractivity contribution >= 4 is 0 Å². The van der Waals surface area contributed by atoms with Crippen molar-refractivity contribution in [3.05, 3.63) is 90.7 Å². The minimum Gasteiger partial charge on any atom is -0.497 e. The smallest absolute Gasteiger partial charge is 0.226 e. The Balaban J connectivity index is 1.45. The molecule has 0 amide bonds. The fourth-order valence-electron chi connectivity index (χ4n) is 2.74. The molecular formula is C23H19NO3. The normalized spacial score (nSPS) is 10.6. The Morgan fingerprint density at radius 1 is 0.778 bits per heavy atom. The summed E-state index contributed by atoms with van der Waals surface area (Å²) in [6.45, 7) is 0.542. The average molecular weight is 357 g/mol. The van der Waals surface area contributed by atoms with Gasteiger partial charge in [-0.25, -0.2) is 4.98 Å². The molecule has 0 aliphatic heterocycles. The van der Waals surface area contributed by atoms with Gasteiger partial charge in [-0.15, -0.1) is 0 Å². The number of hydrogen-bond acceptors (Lipinski definition) is 4. The van der Waals surface area contributed by atoms with Gasteiger partial charge in [0.2, 0.25) is 5.89 Å². The monoisotopic (exact) mass is 357 g/mol. The second kappa shape index (κ2) is 7.79. The number of nitrogens with zero attached hydrogens (tertiary/aromatic N) is 1. The van der Waals surface area contributed by atoms with Crippen molar-refractivity contribution in [2.75, 3.05) is 7.11 Å². The van der Waals surface area contributed by atoms with Crippen LogP contribution in [0.2, 0.25) is 0 Å². The number of rotatable bonds is 6. The van der Waals surface area contributed by atoms with Crippen molar-refractivity contribution in [3.63, 3.8) is 0 Å². The van der Waals surface area contributed by atoms with Crippen molar-refractivity contribution in [2.24, 2.45) is 0 Å². The van der Waals surface area contributed by atoms with Crippen LogP contribution in [0.15, 0.2) is 89.5 Å². The number of benzene rings is 3. The van der Waals surface area contributed by atoms with Gasteiger partial charge in [0, 0.05) is 11.1 Å². The molecule has 1 heterocycles. The predicted octanol–water partition coefficient (Wildman–Crippen LogP) is 5.60. The van der Waals surface area contributed by atoms with Crippen LogP contribution >= 0.6 is 0 Å². The fraction of sp³-hybridized carbons (Fsp3) is 0.0870. The van der Waals surface area contributed by atoms with Crippen LogP contribution in [0.3, 0.4) is 0 Å². The Bertz CT molecular complexity index is 990. The molecule has 0 N–H and O–H groups in total. The molecule has 0 saturated heterocycles. The Morgan fingerprint density at radius 2 is 1.44 bits per heavy atom. The van der Waals surface area contributed by atoms with E-state index in [0.717, 1.165) is 33.9 Å². The summed E-state index contributed by atoms with van der Waals surface area (Å²) in [6, 6.07) is 25.6. The first kappa shape index (κ1) is 16.9. The van der Waals surface area contributed by atoms with Crippen LogP contribution in [-0.4, -0.2) is 12.1 Å². The molecule has 0 fully saturated rings. The highest BCUT2D eigenvalue weighted by Gasteiger charge is 2.09. The summed E-state index contributed by atoms with van der Waals surface area (Å²) in [6.07, 6.45) is 1.66. The summed E-state index contributed by atoms with van der Waals surface area (Å²) in [5, 5.41) is 0. The zero-order valence-electron chi connectivity index (χ0n) is 15.0. The maximum Gasteiger partial charge on any atom is 0.226 e. The molecule has 3 aromatic carbocycles. The largest absolute Gasteiger partial charge is 0.497 e. The number of hydrogen-bond donors (Lipinski definition) is 0. The molecular weight excluding hydrogens is 338 g/mol. The second-order valence-corrected chi connectivity index (χ2v) is 6.07. The summed E-state index contributed by atoms with van der Waals surface area (Å²) in [4.78, 5) is 4.58. The van der Waals surface area contributed by atoms with Crippen molar-refractivity contribution in [1.82, 2.24) is 4.98 Å². The SMILES string of the molecule is COc1ccc(-c2coc(-c3ccc(OCc4ccccc4)cc3)n2)cc1. The van der Waals surface area contributed by atoms with Crippen LogP contribution in [0, 0.1) is 0 Å². The topological polar surface area (TPSA) is 44.5 Å². The van der Waals surface area contributed by atoms with Gasteiger partial charge in [-0.05, 0) is 54.1 Å². The summed E-state index contributed by atoms with van der Waals surface area (Å²) in [7, 11) is 1.65. The van der Waals surface area contributed by atoms with E-state index in [4.69, 9.17) is 13.9 Å². The molecule has 0 radical (unpaired) electrons. The second-order valence-electron chi connectivity index (χ2n) is 6.07. The van der Waals surface area contributed by atoms with Crippen LogP contribution in [0.25, 0.3) is 22.7 Å². The van der Waals surface area contributed by atoms with E-state index in [-0.39, 0.29) is 0 Å². The molecule has 134 valence electrons. The summed E-state index contributed by atoms with van der Waals surface area (Å²) in [5.74, 6) is 2.20. The van der Waals surface area contributed by atoms with Crippen LogP contribution < -0.4 is 9.47 Å². The van der Waals surface area contributed by atoms with Gasteiger partial charge < -0.3 is 13.9 Å². The lowest BCUT2D eigenvalue weighted by Gasteiger charge is -2.06. The maximum absolute atomic E-state index is 5.82. The first-order valence-corrected chi connectivity index (χ1v) is 8.69. The van der Waals surface area contributed by atoms with Crippen molar-refractivity contribution in [3.8, 4) is 34.2 Å². The number of ether oxygens (including phenoxy) is 2. The molecule has 0 aliphatic carbocycles. The lowest BCUT2D eigenvalue weighted by Crippen LogP contribution is -1.94. The molecule has 4 nitrogen and oxygen atoms in total. The van der Waals surface area contributed by atoms with Crippen LogP contribution in [-0.2, 0) is 6.61 Å². The minimum atomic E-state index is 0.542. The molecule has 0 unspecified atom stereocenters. The van der Waals surface area contributed by atoms with Gasteiger partial charge in [-0.2, -0.15) is 0 Å². The molecule has 4 rings (SSSR count). The summed E-state index contributed by atoms with van der Waals surface area (Å²) in [5.41, 5.74) is 3.81. The minimum absolute atomic E-state index is 0.542. The molecule has 0 atom stereocenters.